The van der Waals surface area contributed by atoms with E-state index in [4.69, 9.17) is 11.6 Å². The highest BCUT2D eigenvalue weighted by molar-refractivity contribution is 7.86. The van der Waals surface area contributed by atoms with Gasteiger partial charge in [-0.1, -0.05) is 54.1 Å². The first kappa shape index (κ1) is 19.8. The van der Waals surface area contributed by atoms with Gasteiger partial charge in [0, 0.05) is 31.2 Å². The Labute approximate surface area is 164 Å². The Kier molecular flexibility index (Phi) is 6.49. The SMILES string of the molecule is O=C(CN1CCCN(Cc2ccc(Cl)cc2)S1(=O)=O)NCc1ccccc1. The number of rotatable bonds is 6. The van der Waals surface area contributed by atoms with Crippen molar-refractivity contribution in [1.82, 2.24) is 13.9 Å². The van der Waals surface area contributed by atoms with Crippen molar-refractivity contribution in [1.29, 1.82) is 0 Å². The molecule has 1 aliphatic rings. The van der Waals surface area contributed by atoms with E-state index >= 15 is 0 Å². The van der Waals surface area contributed by atoms with Crippen molar-refractivity contribution in [3.05, 3.63) is 70.7 Å². The van der Waals surface area contributed by atoms with E-state index in [1.165, 1.54) is 8.61 Å². The molecule has 0 atom stereocenters. The zero-order valence-electron chi connectivity index (χ0n) is 14.8. The average molecular weight is 408 g/mol. The molecule has 1 aliphatic heterocycles. The lowest BCUT2D eigenvalue weighted by Crippen LogP contribution is -2.52. The van der Waals surface area contributed by atoms with Gasteiger partial charge in [-0.3, -0.25) is 4.79 Å². The molecule has 1 heterocycles. The van der Waals surface area contributed by atoms with Crippen molar-refractivity contribution in [2.75, 3.05) is 19.6 Å². The lowest BCUT2D eigenvalue weighted by molar-refractivity contribution is -0.121. The molecule has 0 saturated carbocycles. The van der Waals surface area contributed by atoms with Crippen LogP contribution in [0.1, 0.15) is 17.5 Å². The van der Waals surface area contributed by atoms with Gasteiger partial charge in [-0.05, 0) is 29.7 Å². The number of halogens is 1. The van der Waals surface area contributed by atoms with Crippen LogP contribution >= 0.6 is 11.6 Å². The summed E-state index contributed by atoms with van der Waals surface area (Å²) in [5, 5.41) is 3.38. The molecule has 0 radical (unpaired) electrons. The van der Waals surface area contributed by atoms with Gasteiger partial charge in [-0.15, -0.1) is 0 Å². The van der Waals surface area contributed by atoms with Gasteiger partial charge in [0.2, 0.25) is 5.91 Å². The van der Waals surface area contributed by atoms with E-state index in [1.807, 2.05) is 42.5 Å². The molecule has 0 unspecified atom stereocenters. The minimum atomic E-state index is -3.68. The molecule has 2 aromatic rings. The van der Waals surface area contributed by atoms with Crippen LogP contribution in [0.4, 0.5) is 0 Å². The molecule has 1 saturated heterocycles. The second-order valence-corrected chi connectivity index (χ2v) is 8.78. The zero-order chi connectivity index (χ0) is 19.3. The monoisotopic (exact) mass is 407 g/mol. The first-order valence-corrected chi connectivity index (χ1v) is 10.5. The Hall–Kier alpha value is -1.93. The maximum Gasteiger partial charge on any atom is 0.282 e. The van der Waals surface area contributed by atoms with Gasteiger partial charge < -0.3 is 5.32 Å². The molecule has 27 heavy (non-hydrogen) atoms. The summed E-state index contributed by atoms with van der Waals surface area (Å²) in [4.78, 5) is 12.2. The molecule has 1 N–H and O–H groups in total. The number of carbonyl (C=O) groups excluding carboxylic acids is 1. The molecule has 3 rings (SSSR count). The van der Waals surface area contributed by atoms with Crippen LogP contribution in [-0.4, -0.2) is 42.6 Å². The summed E-state index contributed by atoms with van der Waals surface area (Å²) in [5.74, 6) is -0.309. The first-order valence-electron chi connectivity index (χ1n) is 8.75. The maximum atomic E-state index is 12.8. The Balaban J connectivity index is 1.60. The van der Waals surface area contributed by atoms with Crippen LogP contribution in [0.3, 0.4) is 0 Å². The van der Waals surface area contributed by atoms with Gasteiger partial charge in [0.15, 0.2) is 0 Å². The molecular weight excluding hydrogens is 386 g/mol. The van der Waals surface area contributed by atoms with Gasteiger partial charge in [0.05, 0.1) is 6.54 Å². The third kappa shape index (κ3) is 5.29. The lowest BCUT2D eigenvalue weighted by atomic mass is 10.2. The van der Waals surface area contributed by atoms with Crippen molar-refractivity contribution in [2.45, 2.75) is 19.5 Å². The number of nitrogens with zero attached hydrogens (tertiary/aromatic N) is 2. The molecule has 1 amide bonds. The maximum absolute atomic E-state index is 12.8. The van der Waals surface area contributed by atoms with E-state index in [2.05, 4.69) is 5.32 Å². The number of nitrogens with one attached hydrogen (secondary N) is 1. The van der Waals surface area contributed by atoms with Crippen LogP contribution in [0, 0.1) is 0 Å². The summed E-state index contributed by atoms with van der Waals surface area (Å²) in [6, 6.07) is 16.6. The summed E-state index contributed by atoms with van der Waals surface area (Å²) >= 11 is 5.88. The summed E-state index contributed by atoms with van der Waals surface area (Å²) in [5.41, 5.74) is 1.83. The van der Waals surface area contributed by atoms with Crippen LogP contribution in [0.5, 0.6) is 0 Å². The number of benzene rings is 2. The highest BCUT2D eigenvalue weighted by Crippen LogP contribution is 2.20. The molecule has 6 nitrogen and oxygen atoms in total. The number of hydrogen-bond acceptors (Lipinski definition) is 3. The number of carbonyl (C=O) groups is 1. The molecule has 0 aliphatic carbocycles. The standard InChI is InChI=1S/C19H22ClN3O3S/c20-18-9-7-17(8-10-18)14-22-11-4-12-23(27(22,25)26)15-19(24)21-13-16-5-2-1-3-6-16/h1-3,5-10H,4,11-15H2,(H,21,24). The van der Waals surface area contributed by atoms with Crippen LogP contribution in [0.25, 0.3) is 0 Å². The third-order valence-corrected chi connectivity index (χ3v) is 6.57. The predicted octanol–water partition coefficient (Wildman–Crippen LogP) is 2.41. The van der Waals surface area contributed by atoms with E-state index in [0.29, 0.717) is 31.1 Å². The number of amides is 1. The van der Waals surface area contributed by atoms with Gasteiger partial charge in [0.25, 0.3) is 10.2 Å². The Morgan fingerprint density at radius 2 is 1.63 bits per heavy atom. The second kappa shape index (κ2) is 8.84. The average Bonchev–Trinajstić information content (AvgIpc) is 2.66. The van der Waals surface area contributed by atoms with E-state index < -0.39 is 10.2 Å². The fourth-order valence-electron chi connectivity index (χ4n) is 2.94. The highest BCUT2D eigenvalue weighted by Gasteiger charge is 2.34. The molecule has 0 bridgehead atoms. The first-order chi connectivity index (χ1) is 12.9. The Morgan fingerprint density at radius 1 is 0.963 bits per heavy atom. The molecule has 0 aromatic heterocycles. The quantitative estimate of drug-likeness (QED) is 0.799. The molecular formula is C19H22ClN3O3S. The fraction of sp³-hybridized carbons (Fsp3) is 0.316. The molecule has 1 fully saturated rings. The molecule has 0 spiro atoms. The summed E-state index contributed by atoms with van der Waals surface area (Å²) in [6.45, 7) is 1.25. The minimum Gasteiger partial charge on any atom is -0.351 e. The van der Waals surface area contributed by atoms with Crippen molar-refractivity contribution in [3.63, 3.8) is 0 Å². The minimum absolute atomic E-state index is 0.174. The Morgan fingerprint density at radius 3 is 2.33 bits per heavy atom. The fourth-order valence-corrected chi connectivity index (χ4v) is 4.71. The second-order valence-electron chi connectivity index (χ2n) is 6.42. The van der Waals surface area contributed by atoms with Gasteiger partial charge in [0.1, 0.15) is 0 Å². The van der Waals surface area contributed by atoms with E-state index in [1.54, 1.807) is 12.1 Å². The van der Waals surface area contributed by atoms with Crippen molar-refractivity contribution in [2.24, 2.45) is 0 Å². The van der Waals surface area contributed by atoms with Crippen LogP contribution in [-0.2, 0) is 28.1 Å². The largest absolute Gasteiger partial charge is 0.351 e. The van der Waals surface area contributed by atoms with Crippen LogP contribution in [0.2, 0.25) is 5.02 Å². The normalized spacial score (nSPS) is 17.5. The predicted molar refractivity (Wildman–Crippen MR) is 105 cm³/mol. The van der Waals surface area contributed by atoms with Gasteiger partial charge >= 0.3 is 0 Å². The van der Waals surface area contributed by atoms with Gasteiger partial charge in [-0.25, -0.2) is 0 Å². The summed E-state index contributed by atoms with van der Waals surface area (Å²) < 4.78 is 28.3. The summed E-state index contributed by atoms with van der Waals surface area (Å²) in [7, 11) is -3.68. The van der Waals surface area contributed by atoms with Crippen molar-refractivity contribution < 1.29 is 13.2 Å². The summed E-state index contributed by atoms with van der Waals surface area (Å²) in [6.07, 6.45) is 0.679. The lowest BCUT2D eigenvalue weighted by Gasteiger charge is -2.34. The Bertz CT molecular complexity index is 873. The van der Waals surface area contributed by atoms with E-state index in [0.717, 1.165) is 11.1 Å². The van der Waals surface area contributed by atoms with Crippen molar-refractivity contribution in [3.8, 4) is 0 Å². The zero-order valence-corrected chi connectivity index (χ0v) is 16.4. The highest BCUT2D eigenvalue weighted by atomic mass is 35.5. The molecule has 8 heteroatoms. The van der Waals surface area contributed by atoms with Gasteiger partial charge in [-0.2, -0.15) is 17.0 Å². The van der Waals surface area contributed by atoms with E-state index in [9.17, 15) is 13.2 Å². The molecule has 2 aromatic carbocycles. The third-order valence-electron chi connectivity index (χ3n) is 4.39. The van der Waals surface area contributed by atoms with Crippen LogP contribution in [0.15, 0.2) is 54.6 Å². The number of hydrogen-bond donors (Lipinski definition) is 1. The van der Waals surface area contributed by atoms with Crippen molar-refractivity contribution >= 4 is 27.7 Å². The van der Waals surface area contributed by atoms with Crippen LogP contribution < -0.4 is 5.32 Å². The topological polar surface area (TPSA) is 69.7 Å². The smallest absolute Gasteiger partial charge is 0.282 e. The molecule has 144 valence electrons. The van der Waals surface area contributed by atoms with E-state index in [-0.39, 0.29) is 19.0 Å².